The zero-order chi connectivity index (χ0) is 11.0. The molecule has 3 heterocycles. The van der Waals surface area contributed by atoms with Gasteiger partial charge in [0.1, 0.15) is 5.82 Å². The van der Waals surface area contributed by atoms with Gasteiger partial charge >= 0.3 is 0 Å². The second-order valence-electron chi connectivity index (χ2n) is 4.14. The molecule has 0 unspecified atom stereocenters. The Kier molecular flexibility index (Phi) is 2.86. The van der Waals surface area contributed by atoms with Crippen molar-refractivity contribution in [3.8, 4) is 0 Å². The topological polar surface area (TPSA) is 16.1 Å². The van der Waals surface area contributed by atoms with Gasteiger partial charge < -0.3 is 4.90 Å². The van der Waals surface area contributed by atoms with E-state index in [9.17, 15) is 0 Å². The highest BCUT2D eigenvalue weighted by molar-refractivity contribution is 9.11. The quantitative estimate of drug-likeness (QED) is 0.789. The molecule has 0 spiro atoms. The molecule has 1 aliphatic heterocycles. The van der Waals surface area contributed by atoms with Crippen molar-refractivity contribution in [3.63, 3.8) is 0 Å². The summed E-state index contributed by atoms with van der Waals surface area (Å²) in [6.45, 7) is 2.30. The first-order chi connectivity index (χ1) is 7.84. The molecular formula is C12H13BrN2S. The normalized spacial score (nSPS) is 16.9. The number of piperidine rings is 1. The van der Waals surface area contributed by atoms with E-state index in [-0.39, 0.29) is 0 Å². The Labute approximate surface area is 107 Å². The van der Waals surface area contributed by atoms with Crippen LogP contribution in [0.3, 0.4) is 0 Å². The van der Waals surface area contributed by atoms with Gasteiger partial charge in [0.05, 0.1) is 3.79 Å². The van der Waals surface area contributed by atoms with Gasteiger partial charge in [-0.25, -0.2) is 4.98 Å². The molecule has 1 aliphatic rings. The summed E-state index contributed by atoms with van der Waals surface area (Å²) in [6, 6.07) is 4.29. The summed E-state index contributed by atoms with van der Waals surface area (Å²) in [5, 5.41) is 1.29. The predicted octanol–water partition coefficient (Wildman–Crippen LogP) is 4.05. The van der Waals surface area contributed by atoms with E-state index in [1.165, 1.54) is 39.0 Å². The van der Waals surface area contributed by atoms with Gasteiger partial charge in [0.15, 0.2) is 0 Å². The van der Waals surface area contributed by atoms with Crippen molar-refractivity contribution >= 4 is 43.2 Å². The van der Waals surface area contributed by atoms with E-state index < -0.39 is 0 Å². The Balaban J connectivity index is 2.07. The van der Waals surface area contributed by atoms with Gasteiger partial charge in [0, 0.05) is 29.4 Å². The first-order valence-electron chi connectivity index (χ1n) is 5.63. The lowest BCUT2D eigenvalue weighted by molar-refractivity contribution is 0.575. The zero-order valence-electron chi connectivity index (χ0n) is 8.95. The second kappa shape index (κ2) is 4.34. The maximum atomic E-state index is 4.56. The summed E-state index contributed by atoms with van der Waals surface area (Å²) in [6.07, 6.45) is 5.88. The number of anilines is 1. The molecule has 2 nitrogen and oxygen atoms in total. The Hall–Kier alpha value is -0.610. The van der Waals surface area contributed by atoms with Crippen molar-refractivity contribution in [1.82, 2.24) is 4.98 Å². The Bertz CT molecular complexity index is 503. The molecular weight excluding hydrogens is 284 g/mol. The third kappa shape index (κ3) is 1.84. The largest absolute Gasteiger partial charge is 0.356 e. The van der Waals surface area contributed by atoms with Crippen LogP contribution in [0.5, 0.6) is 0 Å². The SMILES string of the molecule is Brc1cc2c(N3CCCCC3)nccc2s1. The van der Waals surface area contributed by atoms with Crippen LogP contribution in [-0.2, 0) is 0 Å². The first kappa shape index (κ1) is 10.5. The second-order valence-corrected chi connectivity index (χ2v) is 6.61. The third-order valence-electron chi connectivity index (χ3n) is 3.05. The van der Waals surface area contributed by atoms with E-state index in [2.05, 4.69) is 37.9 Å². The van der Waals surface area contributed by atoms with Gasteiger partial charge in [-0.2, -0.15) is 0 Å². The fourth-order valence-corrected chi connectivity index (χ4v) is 3.80. The number of thiophene rings is 1. The van der Waals surface area contributed by atoms with Crippen molar-refractivity contribution in [2.75, 3.05) is 18.0 Å². The van der Waals surface area contributed by atoms with Crippen molar-refractivity contribution in [1.29, 1.82) is 0 Å². The zero-order valence-corrected chi connectivity index (χ0v) is 11.4. The van der Waals surface area contributed by atoms with Crippen LogP contribution in [0.15, 0.2) is 22.1 Å². The van der Waals surface area contributed by atoms with E-state index in [4.69, 9.17) is 0 Å². The minimum atomic E-state index is 1.15. The van der Waals surface area contributed by atoms with Gasteiger partial charge in [0.25, 0.3) is 0 Å². The molecule has 1 fully saturated rings. The maximum Gasteiger partial charge on any atom is 0.137 e. The molecule has 0 aromatic carbocycles. The lowest BCUT2D eigenvalue weighted by Gasteiger charge is -2.28. The molecule has 0 saturated carbocycles. The first-order valence-corrected chi connectivity index (χ1v) is 7.24. The highest BCUT2D eigenvalue weighted by Crippen LogP contribution is 2.35. The number of halogens is 1. The van der Waals surface area contributed by atoms with Crippen LogP contribution in [0.25, 0.3) is 10.1 Å². The standard InChI is InChI=1S/C12H13BrN2S/c13-11-8-9-10(16-11)4-5-14-12(9)15-6-2-1-3-7-15/h4-5,8H,1-3,6-7H2. The molecule has 0 atom stereocenters. The summed E-state index contributed by atoms with van der Waals surface area (Å²) in [5.41, 5.74) is 0. The summed E-state index contributed by atoms with van der Waals surface area (Å²) >= 11 is 5.34. The van der Waals surface area contributed by atoms with Crippen molar-refractivity contribution < 1.29 is 0 Å². The number of rotatable bonds is 1. The lowest BCUT2D eigenvalue weighted by atomic mass is 10.1. The highest BCUT2D eigenvalue weighted by Gasteiger charge is 2.15. The Morgan fingerprint density at radius 2 is 2.06 bits per heavy atom. The van der Waals surface area contributed by atoms with Gasteiger partial charge in [0.2, 0.25) is 0 Å². The molecule has 0 bridgehead atoms. The van der Waals surface area contributed by atoms with Crippen LogP contribution >= 0.6 is 27.3 Å². The minimum Gasteiger partial charge on any atom is -0.356 e. The van der Waals surface area contributed by atoms with Crippen LogP contribution in [0, 0.1) is 0 Å². The molecule has 1 saturated heterocycles. The number of aromatic nitrogens is 1. The number of pyridine rings is 1. The molecule has 2 aromatic heterocycles. The molecule has 3 rings (SSSR count). The maximum absolute atomic E-state index is 4.56. The fraction of sp³-hybridized carbons (Fsp3) is 0.417. The molecule has 0 N–H and O–H groups in total. The predicted molar refractivity (Wildman–Crippen MR) is 73.4 cm³/mol. The molecule has 0 radical (unpaired) electrons. The lowest BCUT2D eigenvalue weighted by Crippen LogP contribution is -2.30. The molecule has 84 valence electrons. The van der Waals surface area contributed by atoms with E-state index in [1.807, 2.05) is 6.20 Å². The fourth-order valence-electron chi connectivity index (χ4n) is 2.28. The number of nitrogens with zero attached hydrogens (tertiary/aromatic N) is 2. The minimum absolute atomic E-state index is 1.15. The summed E-state index contributed by atoms with van der Waals surface area (Å²) in [4.78, 5) is 6.98. The van der Waals surface area contributed by atoms with Gasteiger partial charge in [-0.15, -0.1) is 11.3 Å². The van der Waals surface area contributed by atoms with Gasteiger partial charge in [-0.1, -0.05) is 0 Å². The monoisotopic (exact) mass is 296 g/mol. The van der Waals surface area contributed by atoms with Crippen molar-refractivity contribution in [3.05, 3.63) is 22.1 Å². The average Bonchev–Trinajstić information content (AvgIpc) is 2.70. The molecule has 0 amide bonds. The summed E-state index contributed by atoms with van der Waals surface area (Å²) in [7, 11) is 0. The number of hydrogen-bond acceptors (Lipinski definition) is 3. The van der Waals surface area contributed by atoms with Crippen LogP contribution in [0.1, 0.15) is 19.3 Å². The molecule has 16 heavy (non-hydrogen) atoms. The average molecular weight is 297 g/mol. The number of hydrogen-bond donors (Lipinski definition) is 0. The Morgan fingerprint density at radius 1 is 1.25 bits per heavy atom. The smallest absolute Gasteiger partial charge is 0.137 e. The van der Waals surface area contributed by atoms with Crippen molar-refractivity contribution in [2.24, 2.45) is 0 Å². The van der Waals surface area contributed by atoms with Gasteiger partial charge in [-0.05, 0) is 47.3 Å². The van der Waals surface area contributed by atoms with E-state index in [0.29, 0.717) is 0 Å². The third-order valence-corrected chi connectivity index (χ3v) is 4.65. The Morgan fingerprint density at radius 3 is 2.88 bits per heavy atom. The summed E-state index contributed by atoms with van der Waals surface area (Å²) < 4.78 is 2.51. The number of fused-ring (bicyclic) bond motifs is 1. The molecule has 2 aromatic rings. The van der Waals surface area contributed by atoms with Crippen molar-refractivity contribution in [2.45, 2.75) is 19.3 Å². The van der Waals surface area contributed by atoms with Crippen LogP contribution in [0.2, 0.25) is 0 Å². The van der Waals surface area contributed by atoms with Gasteiger partial charge in [-0.3, -0.25) is 0 Å². The van der Waals surface area contributed by atoms with E-state index >= 15 is 0 Å². The van der Waals surface area contributed by atoms with Crippen LogP contribution < -0.4 is 4.90 Å². The van der Waals surface area contributed by atoms with E-state index in [1.54, 1.807) is 11.3 Å². The molecule has 4 heteroatoms. The van der Waals surface area contributed by atoms with Crippen LogP contribution in [-0.4, -0.2) is 18.1 Å². The molecule has 0 aliphatic carbocycles. The highest BCUT2D eigenvalue weighted by atomic mass is 79.9. The summed E-state index contributed by atoms with van der Waals surface area (Å²) in [5.74, 6) is 1.17. The van der Waals surface area contributed by atoms with Crippen LogP contribution in [0.4, 0.5) is 5.82 Å². The van der Waals surface area contributed by atoms with E-state index in [0.717, 1.165) is 13.1 Å².